The van der Waals surface area contributed by atoms with Crippen LogP contribution in [0.15, 0.2) is 16.6 Å². The van der Waals surface area contributed by atoms with Crippen molar-refractivity contribution in [2.24, 2.45) is 0 Å². The summed E-state index contributed by atoms with van der Waals surface area (Å²) in [6.45, 7) is 4.94. The SMILES string of the molecule is CCCn1c(C)nc(-c2cc(OC)c(OC)cc2Br)c1N. The van der Waals surface area contributed by atoms with Crippen LogP contribution < -0.4 is 15.2 Å². The van der Waals surface area contributed by atoms with Gasteiger partial charge in [0.15, 0.2) is 11.5 Å². The lowest BCUT2D eigenvalue weighted by molar-refractivity contribution is 0.355. The monoisotopic (exact) mass is 353 g/mol. The number of nitrogens with zero attached hydrogens (tertiary/aromatic N) is 2. The highest BCUT2D eigenvalue weighted by molar-refractivity contribution is 9.10. The van der Waals surface area contributed by atoms with Crippen molar-refractivity contribution in [3.63, 3.8) is 0 Å². The molecule has 114 valence electrons. The van der Waals surface area contributed by atoms with Crippen LogP contribution in [0.25, 0.3) is 11.3 Å². The van der Waals surface area contributed by atoms with Crippen LogP contribution in [0.3, 0.4) is 0 Å². The first-order valence-electron chi connectivity index (χ1n) is 6.77. The fourth-order valence-corrected chi connectivity index (χ4v) is 2.83. The second-order valence-corrected chi connectivity index (χ2v) is 5.59. The number of nitrogen functional groups attached to an aromatic ring is 1. The summed E-state index contributed by atoms with van der Waals surface area (Å²) in [6, 6.07) is 3.75. The minimum Gasteiger partial charge on any atom is -0.493 e. The van der Waals surface area contributed by atoms with E-state index in [0.29, 0.717) is 17.3 Å². The Kier molecular flexibility index (Phi) is 4.77. The van der Waals surface area contributed by atoms with Gasteiger partial charge in [0.25, 0.3) is 0 Å². The van der Waals surface area contributed by atoms with Crippen LogP contribution in [0, 0.1) is 6.92 Å². The lowest BCUT2D eigenvalue weighted by atomic mass is 10.1. The second-order valence-electron chi connectivity index (χ2n) is 4.73. The smallest absolute Gasteiger partial charge is 0.161 e. The van der Waals surface area contributed by atoms with Gasteiger partial charge in [-0.1, -0.05) is 6.92 Å². The molecule has 0 atom stereocenters. The molecule has 0 spiro atoms. The molecule has 0 aliphatic rings. The Morgan fingerprint density at radius 3 is 2.43 bits per heavy atom. The second kappa shape index (κ2) is 6.39. The van der Waals surface area contributed by atoms with Gasteiger partial charge in [0, 0.05) is 16.6 Å². The van der Waals surface area contributed by atoms with E-state index in [1.807, 2.05) is 23.6 Å². The third kappa shape index (κ3) is 2.85. The van der Waals surface area contributed by atoms with E-state index in [1.54, 1.807) is 14.2 Å². The van der Waals surface area contributed by atoms with Crippen molar-refractivity contribution >= 4 is 21.7 Å². The molecule has 0 bridgehead atoms. The molecule has 5 nitrogen and oxygen atoms in total. The fraction of sp³-hybridized carbons (Fsp3) is 0.400. The number of hydrogen-bond acceptors (Lipinski definition) is 4. The van der Waals surface area contributed by atoms with Gasteiger partial charge in [0.05, 0.1) is 14.2 Å². The normalized spacial score (nSPS) is 10.7. The van der Waals surface area contributed by atoms with Gasteiger partial charge < -0.3 is 19.8 Å². The van der Waals surface area contributed by atoms with Crippen molar-refractivity contribution in [2.75, 3.05) is 20.0 Å². The van der Waals surface area contributed by atoms with Crippen LogP contribution >= 0.6 is 15.9 Å². The molecular formula is C15H20BrN3O2. The lowest BCUT2D eigenvalue weighted by Crippen LogP contribution is -2.04. The first kappa shape index (κ1) is 15.7. The number of aromatic nitrogens is 2. The molecular weight excluding hydrogens is 334 g/mol. The molecule has 0 unspecified atom stereocenters. The summed E-state index contributed by atoms with van der Waals surface area (Å²) in [5.41, 5.74) is 7.91. The number of nitrogens with two attached hydrogens (primary N) is 1. The van der Waals surface area contributed by atoms with Crippen molar-refractivity contribution in [3.8, 4) is 22.8 Å². The highest BCUT2D eigenvalue weighted by Gasteiger charge is 2.18. The van der Waals surface area contributed by atoms with Gasteiger partial charge in [0.1, 0.15) is 17.3 Å². The zero-order valence-corrected chi connectivity index (χ0v) is 14.3. The Morgan fingerprint density at radius 2 is 1.86 bits per heavy atom. The predicted molar refractivity (Wildman–Crippen MR) is 87.9 cm³/mol. The molecule has 2 rings (SSSR count). The lowest BCUT2D eigenvalue weighted by Gasteiger charge is -2.11. The average molecular weight is 354 g/mol. The third-order valence-electron chi connectivity index (χ3n) is 3.37. The van der Waals surface area contributed by atoms with Crippen molar-refractivity contribution < 1.29 is 9.47 Å². The molecule has 1 aromatic heterocycles. The molecule has 6 heteroatoms. The topological polar surface area (TPSA) is 62.3 Å². The highest BCUT2D eigenvalue weighted by atomic mass is 79.9. The summed E-state index contributed by atoms with van der Waals surface area (Å²) in [5.74, 6) is 2.89. The first-order valence-corrected chi connectivity index (χ1v) is 7.57. The number of hydrogen-bond donors (Lipinski definition) is 1. The Labute approximate surface area is 133 Å². The maximum absolute atomic E-state index is 6.26. The Morgan fingerprint density at radius 1 is 1.24 bits per heavy atom. The van der Waals surface area contributed by atoms with E-state index < -0.39 is 0 Å². The summed E-state index contributed by atoms with van der Waals surface area (Å²) in [4.78, 5) is 4.60. The third-order valence-corrected chi connectivity index (χ3v) is 4.03. The highest BCUT2D eigenvalue weighted by Crippen LogP contribution is 2.40. The number of anilines is 1. The van der Waals surface area contributed by atoms with E-state index in [2.05, 4.69) is 27.8 Å². The predicted octanol–water partition coefficient (Wildman–Crippen LogP) is 3.63. The van der Waals surface area contributed by atoms with Gasteiger partial charge >= 0.3 is 0 Å². The molecule has 2 N–H and O–H groups in total. The summed E-state index contributed by atoms with van der Waals surface area (Å²) in [7, 11) is 3.22. The van der Waals surface area contributed by atoms with Crippen LogP contribution in [-0.4, -0.2) is 23.8 Å². The van der Waals surface area contributed by atoms with E-state index >= 15 is 0 Å². The number of methoxy groups -OCH3 is 2. The van der Waals surface area contributed by atoms with E-state index in [-0.39, 0.29) is 0 Å². The number of imidazole rings is 1. The van der Waals surface area contributed by atoms with E-state index in [9.17, 15) is 0 Å². The quantitative estimate of drug-likeness (QED) is 0.891. The largest absolute Gasteiger partial charge is 0.493 e. The van der Waals surface area contributed by atoms with Gasteiger partial charge in [-0.2, -0.15) is 0 Å². The zero-order chi connectivity index (χ0) is 15.6. The van der Waals surface area contributed by atoms with Crippen molar-refractivity contribution in [1.29, 1.82) is 0 Å². The number of rotatable bonds is 5. The molecule has 0 aliphatic heterocycles. The number of benzene rings is 1. The molecule has 2 aromatic rings. The first-order chi connectivity index (χ1) is 10.0. The summed E-state index contributed by atoms with van der Waals surface area (Å²) >= 11 is 3.55. The van der Waals surface area contributed by atoms with Crippen molar-refractivity contribution in [2.45, 2.75) is 26.8 Å². The van der Waals surface area contributed by atoms with Crippen LogP contribution in [0.5, 0.6) is 11.5 Å². The van der Waals surface area contributed by atoms with Crippen LogP contribution in [0.4, 0.5) is 5.82 Å². The zero-order valence-electron chi connectivity index (χ0n) is 12.7. The number of aryl methyl sites for hydroxylation is 1. The van der Waals surface area contributed by atoms with Crippen LogP contribution in [0.1, 0.15) is 19.2 Å². The van der Waals surface area contributed by atoms with Gasteiger partial charge in [-0.05, 0) is 41.4 Å². The van der Waals surface area contributed by atoms with E-state index in [4.69, 9.17) is 15.2 Å². The molecule has 1 heterocycles. The summed E-state index contributed by atoms with van der Waals surface area (Å²) in [5, 5.41) is 0. The standard InChI is InChI=1S/C15H20BrN3O2/c1-5-6-19-9(2)18-14(15(19)17)10-7-12(20-3)13(21-4)8-11(10)16/h7-8H,5-6,17H2,1-4H3. The maximum atomic E-state index is 6.26. The summed E-state index contributed by atoms with van der Waals surface area (Å²) in [6.07, 6.45) is 1.01. The maximum Gasteiger partial charge on any atom is 0.161 e. The number of ether oxygens (including phenoxy) is 2. The van der Waals surface area contributed by atoms with Crippen LogP contribution in [-0.2, 0) is 6.54 Å². The van der Waals surface area contributed by atoms with Crippen molar-refractivity contribution in [1.82, 2.24) is 9.55 Å². The minimum atomic E-state index is 0.651. The van der Waals surface area contributed by atoms with Crippen molar-refractivity contribution in [3.05, 3.63) is 22.4 Å². The molecule has 0 saturated heterocycles. The number of halogens is 1. The van der Waals surface area contributed by atoms with Gasteiger partial charge in [-0.3, -0.25) is 0 Å². The minimum absolute atomic E-state index is 0.651. The van der Waals surface area contributed by atoms with Gasteiger partial charge in [0.2, 0.25) is 0 Å². The molecule has 0 aliphatic carbocycles. The van der Waals surface area contributed by atoms with Gasteiger partial charge in [-0.15, -0.1) is 0 Å². The molecule has 21 heavy (non-hydrogen) atoms. The van der Waals surface area contributed by atoms with Crippen LogP contribution in [0.2, 0.25) is 0 Å². The Bertz CT molecular complexity index is 653. The van der Waals surface area contributed by atoms with E-state index in [0.717, 1.165) is 34.5 Å². The summed E-state index contributed by atoms with van der Waals surface area (Å²) < 4.78 is 13.5. The average Bonchev–Trinajstić information content (AvgIpc) is 2.75. The Hall–Kier alpha value is -1.69. The Balaban J connectivity index is 2.59. The van der Waals surface area contributed by atoms with E-state index in [1.165, 1.54) is 0 Å². The molecule has 0 saturated carbocycles. The molecule has 0 radical (unpaired) electrons. The fourth-order valence-electron chi connectivity index (χ4n) is 2.32. The molecule has 0 amide bonds. The van der Waals surface area contributed by atoms with Gasteiger partial charge in [-0.25, -0.2) is 4.98 Å². The molecule has 1 aromatic carbocycles. The molecule has 0 fully saturated rings.